The van der Waals surface area contributed by atoms with Crippen molar-refractivity contribution >= 4 is 28.3 Å². The molecule has 0 saturated carbocycles. The van der Waals surface area contributed by atoms with Gasteiger partial charge >= 0.3 is 0 Å². The molecule has 0 saturated heterocycles. The molecule has 2 heterocycles. The van der Waals surface area contributed by atoms with E-state index in [2.05, 4.69) is 44.7 Å². The molecule has 0 fully saturated rings. The van der Waals surface area contributed by atoms with Gasteiger partial charge in [-0.3, -0.25) is 4.99 Å². The van der Waals surface area contributed by atoms with Gasteiger partial charge in [0.05, 0.1) is 24.7 Å². The van der Waals surface area contributed by atoms with E-state index < -0.39 is 0 Å². The van der Waals surface area contributed by atoms with E-state index >= 15 is 0 Å². The first-order chi connectivity index (χ1) is 13.3. The molecule has 4 rings (SSSR count). The molecule has 0 amide bonds. The third-order valence-electron chi connectivity index (χ3n) is 4.26. The maximum atomic E-state index is 5.32. The topological polar surface area (TPSA) is 54.7 Å². The molecule has 136 valence electrons. The van der Waals surface area contributed by atoms with E-state index in [9.17, 15) is 0 Å². The third kappa shape index (κ3) is 3.57. The van der Waals surface area contributed by atoms with E-state index in [-0.39, 0.29) is 0 Å². The van der Waals surface area contributed by atoms with Gasteiger partial charge in [0.25, 0.3) is 0 Å². The molecule has 5 nitrogen and oxygen atoms in total. The smallest absolute Gasteiger partial charge is 0.206 e. The van der Waals surface area contributed by atoms with Crippen LogP contribution in [-0.4, -0.2) is 29.5 Å². The van der Waals surface area contributed by atoms with Crippen LogP contribution in [0.5, 0.6) is 5.75 Å². The van der Waals surface area contributed by atoms with Gasteiger partial charge in [-0.1, -0.05) is 18.2 Å². The number of benzene rings is 2. The van der Waals surface area contributed by atoms with Crippen LogP contribution in [-0.2, 0) is 0 Å². The van der Waals surface area contributed by atoms with Gasteiger partial charge in [-0.25, -0.2) is 4.68 Å². The maximum Gasteiger partial charge on any atom is 0.206 e. The van der Waals surface area contributed by atoms with Crippen molar-refractivity contribution in [3.8, 4) is 17.0 Å². The summed E-state index contributed by atoms with van der Waals surface area (Å²) in [6.45, 7) is 2.75. The van der Waals surface area contributed by atoms with Crippen LogP contribution in [0.15, 0.2) is 70.2 Å². The summed E-state index contributed by atoms with van der Waals surface area (Å²) in [5, 5.41) is 9.08. The Morgan fingerprint density at radius 2 is 2.00 bits per heavy atom. The molecule has 27 heavy (non-hydrogen) atoms. The fourth-order valence-corrected chi connectivity index (χ4v) is 3.81. The molecule has 2 aromatic heterocycles. The lowest BCUT2D eigenvalue weighted by Crippen LogP contribution is -2.12. The second-order valence-electron chi connectivity index (χ2n) is 5.99. The van der Waals surface area contributed by atoms with E-state index in [1.165, 1.54) is 0 Å². The van der Waals surface area contributed by atoms with Crippen LogP contribution in [0.1, 0.15) is 12.6 Å². The van der Waals surface area contributed by atoms with Crippen molar-refractivity contribution in [2.45, 2.75) is 6.92 Å². The van der Waals surface area contributed by atoms with Crippen LogP contribution in [0.4, 0.5) is 0 Å². The highest BCUT2D eigenvalue weighted by molar-refractivity contribution is 7.07. The van der Waals surface area contributed by atoms with Crippen molar-refractivity contribution in [1.29, 1.82) is 0 Å². The monoisotopic (exact) mass is 376 g/mol. The molecule has 0 bridgehead atoms. The molecule has 2 aromatic carbocycles. The molecular weight excluding hydrogens is 356 g/mol. The number of aromatic nitrogens is 2. The SMILES string of the molecule is CCN=c1scc(-c2ccc3cc(OC)ccc3c2)n1N=Cc1ccc[nH]1. The number of thiazole rings is 1. The van der Waals surface area contributed by atoms with Gasteiger partial charge in [0.1, 0.15) is 5.75 Å². The number of H-pyrrole nitrogens is 1. The minimum atomic E-state index is 0.718. The fraction of sp³-hybridized carbons (Fsp3) is 0.143. The van der Waals surface area contributed by atoms with Crippen LogP contribution >= 0.6 is 11.3 Å². The fourth-order valence-electron chi connectivity index (χ4n) is 2.91. The lowest BCUT2D eigenvalue weighted by molar-refractivity contribution is 0.415. The summed E-state index contributed by atoms with van der Waals surface area (Å²) in [6, 6.07) is 16.4. The lowest BCUT2D eigenvalue weighted by atomic mass is 10.1. The summed E-state index contributed by atoms with van der Waals surface area (Å²) in [5.74, 6) is 0.862. The number of fused-ring (bicyclic) bond motifs is 1. The minimum absolute atomic E-state index is 0.718. The lowest BCUT2D eigenvalue weighted by Gasteiger charge is -2.07. The molecule has 0 unspecified atom stereocenters. The summed E-state index contributed by atoms with van der Waals surface area (Å²) >= 11 is 1.60. The highest BCUT2D eigenvalue weighted by atomic mass is 32.1. The molecular formula is C21H20N4OS. The molecule has 0 aliphatic carbocycles. The van der Waals surface area contributed by atoms with Gasteiger partial charge in [-0.05, 0) is 48.0 Å². The maximum absolute atomic E-state index is 5.32. The van der Waals surface area contributed by atoms with Crippen LogP contribution in [0.3, 0.4) is 0 Å². The largest absolute Gasteiger partial charge is 0.497 e. The van der Waals surface area contributed by atoms with E-state index in [0.29, 0.717) is 0 Å². The molecule has 0 aliphatic heterocycles. The number of nitrogens with zero attached hydrogens (tertiary/aromatic N) is 3. The van der Waals surface area contributed by atoms with Gasteiger partial charge in [0, 0.05) is 23.7 Å². The number of hydrogen-bond acceptors (Lipinski definition) is 4. The summed E-state index contributed by atoms with van der Waals surface area (Å²) in [5.41, 5.74) is 3.07. The number of ether oxygens (including phenoxy) is 1. The van der Waals surface area contributed by atoms with Crippen molar-refractivity contribution in [3.63, 3.8) is 0 Å². The van der Waals surface area contributed by atoms with E-state index in [1.807, 2.05) is 48.3 Å². The van der Waals surface area contributed by atoms with E-state index in [4.69, 9.17) is 4.74 Å². The van der Waals surface area contributed by atoms with Gasteiger partial charge in [-0.15, -0.1) is 11.3 Å². The Bertz CT molecular complexity index is 1150. The zero-order valence-corrected chi connectivity index (χ0v) is 16.0. The average Bonchev–Trinajstić information content (AvgIpc) is 3.35. The molecule has 4 aromatic rings. The number of rotatable bonds is 5. The second-order valence-corrected chi connectivity index (χ2v) is 6.82. The van der Waals surface area contributed by atoms with Crippen molar-refractivity contribution in [3.05, 3.63) is 70.6 Å². The van der Waals surface area contributed by atoms with Gasteiger partial charge in [-0.2, -0.15) is 5.10 Å². The Morgan fingerprint density at radius 1 is 1.15 bits per heavy atom. The van der Waals surface area contributed by atoms with Crippen molar-refractivity contribution < 1.29 is 4.74 Å². The Hall–Kier alpha value is -3.12. The zero-order valence-electron chi connectivity index (χ0n) is 15.2. The predicted molar refractivity (Wildman–Crippen MR) is 112 cm³/mol. The molecule has 0 radical (unpaired) electrons. The summed E-state index contributed by atoms with van der Waals surface area (Å²) in [4.78, 5) is 8.60. The van der Waals surface area contributed by atoms with E-state index in [0.717, 1.165) is 44.8 Å². The standard InChI is InChI=1S/C21H20N4OS/c1-3-22-21-25(24-13-18-5-4-10-23-18)20(14-27-21)17-7-6-16-12-19(26-2)9-8-15(16)11-17/h4-14,23H,3H2,1-2H3. The zero-order chi connectivity index (χ0) is 18.6. The molecule has 0 spiro atoms. The van der Waals surface area contributed by atoms with Gasteiger partial charge in [0.15, 0.2) is 0 Å². The quantitative estimate of drug-likeness (QED) is 0.512. The van der Waals surface area contributed by atoms with Crippen molar-refractivity contribution in [2.75, 3.05) is 13.7 Å². The normalized spacial score (nSPS) is 12.3. The van der Waals surface area contributed by atoms with E-state index in [1.54, 1.807) is 18.4 Å². The Morgan fingerprint density at radius 3 is 2.78 bits per heavy atom. The number of aromatic amines is 1. The van der Waals surface area contributed by atoms with Crippen LogP contribution in [0, 0.1) is 0 Å². The first kappa shape index (κ1) is 17.3. The number of methoxy groups -OCH3 is 1. The van der Waals surface area contributed by atoms with Crippen LogP contribution in [0.2, 0.25) is 0 Å². The number of hydrogen-bond donors (Lipinski definition) is 1. The van der Waals surface area contributed by atoms with Crippen molar-refractivity contribution in [1.82, 2.24) is 9.66 Å². The highest BCUT2D eigenvalue weighted by Gasteiger charge is 2.08. The highest BCUT2D eigenvalue weighted by Crippen LogP contribution is 2.27. The average molecular weight is 376 g/mol. The Balaban J connectivity index is 1.81. The predicted octanol–water partition coefficient (Wildman–Crippen LogP) is 4.51. The molecule has 6 heteroatoms. The summed E-state index contributed by atoms with van der Waals surface area (Å²) in [6.07, 6.45) is 3.70. The first-order valence-corrected chi connectivity index (χ1v) is 9.63. The Kier molecular flexibility index (Phi) is 4.89. The first-order valence-electron chi connectivity index (χ1n) is 8.75. The third-order valence-corrected chi connectivity index (χ3v) is 5.11. The van der Waals surface area contributed by atoms with Gasteiger partial charge in [0.2, 0.25) is 4.80 Å². The number of nitrogens with one attached hydrogen (secondary N) is 1. The minimum Gasteiger partial charge on any atom is -0.497 e. The van der Waals surface area contributed by atoms with Crippen molar-refractivity contribution in [2.24, 2.45) is 10.1 Å². The molecule has 1 N–H and O–H groups in total. The van der Waals surface area contributed by atoms with Crippen LogP contribution < -0.4 is 9.54 Å². The molecule has 0 atom stereocenters. The van der Waals surface area contributed by atoms with Gasteiger partial charge < -0.3 is 9.72 Å². The summed E-state index contributed by atoms with van der Waals surface area (Å²) < 4.78 is 7.22. The molecule has 0 aliphatic rings. The summed E-state index contributed by atoms with van der Waals surface area (Å²) in [7, 11) is 1.69. The second kappa shape index (κ2) is 7.63. The Labute approximate surface area is 161 Å². The van der Waals surface area contributed by atoms with Crippen LogP contribution in [0.25, 0.3) is 22.0 Å².